The van der Waals surface area contributed by atoms with E-state index in [0.29, 0.717) is 0 Å². The van der Waals surface area contributed by atoms with Gasteiger partial charge < -0.3 is 4.81 Å². The van der Waals surface area contributed by atoms with Gasteiger partial charge in [-0.2, -0.15) is 0 Å². The number of nitrogens with zero attached hydrogens (tertiary/aromatic N) is 1. The Bertz CT molecular complexity index is 247. The van der Waals surface area contributed by atoms with Gasteiger partial charge in [0.2, 0.25) is 7.98 Å². The molecule has 0 spiro atoms. The molecular formula is C8H8BN. The maximum absolute atomic E-state index is 5.68. The molecule has 0 N–H and O–H groups in total. The first-order valence-corrected chi connectivity index (χ1v) is 3.48. The fourth-order valence-electron chi connectivity index (χ4n) is 1.36. The van der Waals surface area contributed by atoms with E-state index in [2.05, 4.69) is 18.2 Å². The average Bonchev–Trinajstić information content (AvgIpc) is 2.34. The fourth-order valence-corrected chi connectivity index (χ4v) is 1.36. The van der Waals surface area contributed by atoms with Crippen LogP contribution in [0, 0.1) is 0 Å². The summed E-state index contributed by atoms with van der Waals surface area (Å²) in [5.74, 6) is 0. The molecule has 1 aliphatic heterocycles. The van der Waals surface area contributed by atoms with E-state index in [1.54, 1.807) is 4.81 Å². The van der Waals surface area contributed by atoms with E-state index in [9.17, 15) is 0 Å². The summed E-state index contributed by atoms with van der Waals surface area (Å²) < 4.78 is 0. The number of benzene rings is 1. The predicted molar refractivity (Wildman–Crippen MR) is 43.2 cm³/mol. The lowest BCUT2D eigenvalue weighted by Crippen LogP contribution is -2.14. The van der Waals surface area contributed by atoms with Gasteiger partial charge in [0.15, 0.2) is 0 Å². The minimum atomic E-state index is 0.958. The molecular weight excluding hydrogens is 121 g/mol. The second kappa shape index (κ2) is 2.05. The number of fused-ring (bicyclic) bond motifs is 1. The lowest BCUT2D eigenvalue weighted by Gasteiger charge is -2.10. The van der Waals surface area contributed by atoms with Gasteiger partial charge in [-0.05, 0) is 18.1 Å². The molecule has 1 aliphatic rings. The average molecular weight is 129 g/mol. The normalized spacial score (nSPS) is 15.4. The third-order valence-corrected chi connectivity index (χ3v) is 1.92. The van der Waals surface area contributed by atoms with Crippen LogP contribution in [0.3, 0.4) is 0 Å². The van der Waals surface area contributed by atoms with Crippen LogP contribution in [0.4, 0.5) is 5.69 Å². The summed E-state index contributed by atoms with van der Waals surface area (Å²) in [5.41, 5.74) is 2.55. The van der Waals surface area contributed by atoms with E-state index < -0.39 is 0 Å². The van der Waals surface area contributed by atoms with Gasteiger partial charge in [0, 0.05) is 12.2 Å². The van der Waals surface area contributed by atoms with E-state index in [-0.39, 0.29) is 0 Å². The Hall–Kier alpha value is -0.915. The van der Waals surface area contributed by atoms with Gasteiger partial charge in [-0.15, -0.1) is 0 Å². The largest absolute Gasteiger partial charge is 0.424 e. The van der Waals surface area contributed by atoms with Crippen molar-refractivity contribution in [2.24, 2.45) is 0 Å². The van der Waals surface area contributed by atoms with Gasteiger partial charge in [0.1, 0.15) is 0 Å². The minimum Gasteiger partial charge on any atom is -0.424 e. The Balaban J connectivity index is 2.51. The summed E-state index contributed by atoms with van der Waals surface area (Å²) in [6, 6.07) is 8.26. The summed E-state index contributed by atoms with van der Waals surface area (Å²) in [7, 11) is 5.68. The quantitative estimate of drug-likeness (QED) is 0.474. The zero-order valence-electron chi connectivity index (χ0n) is 5.75. The Morgan fingerprint density at radius 3 is 2.90 bits per heavy atom. The van der Waals surface area contributed by atoms with E-state index in [4.69, 9.17) is 7.98 Å². The molecule has 2 radical (unpaired) electrons. The highest BCUT2D eigenvalue weighted by Gasteiger charge is 2.12. The third kappa shape index (κ3) is 0.720. The highest BCUT2D eigenvalue weighted by molar-refractivity contribution is 6.18. The van der Waals surface area contributed by atoms with Crippen LogP contribution in [0.15, 0.2) is 24.3 Å². The molecule has 2 heteroatoms. The van der Waals surface area contributed by atoms with E-state index in [1.165, 1.54) is 11.3 Å². The van der Waals surface area contributed by atoms with Crippen LogP contribution < -0.4 is 4.81 Å². The molecule has 10 heavy (non-hydrogen) atoms. The maximum atomic E-state index is 5.68. The fraction of sp³-hybridized carbons (Fsp3) is 0.250. The minimum absolute atomic E-state index is 0.958. The molecule has 0 unspecified atom stereocenters. The monoisotopic (exact) mass is 129 g/mol. The molecule has 0 fully saturated rings. The van der Waals surface area contributed by atoms with Crippen LogP contribution in [0.1, 0.15) is 5.56 Å². The lowest BCUT2D eigenvalue weighted by atomic mass is 10.2. The Kier molecular flexibility index (Phi) is 1.19. The zero-order valence-corrected chi connectivity index (χ0v) is 5.75. The molecule has 48 valence electrons. The van der Waals surface area contributed by atoms with Crippen molar-refractivity contribution in [3.63, 3.8) is 0 Å². The van der Waals surface area contributed by atoms with Crippen LogP contribution in [0.2, 0.25) is 0 Å². The Morgan fingerprint density at radius 1 is 1.30 bits per heavy atom. The van der Waals surface area contributed by atoms with Crippen molar-refractivity contribution < 1.29 is 0 Å². The van der Waals surface area contributed by atoms with Gasteiger partial charge in [-0.1, -0.05) is 18.2 Å². The molecule has 0 bridgehead atoms. The maximum Gasteiger partial charge on any atom is 0.226 e. The summed E-state index contributed by atoms with van der Waals surface area (Å²) in [6.07, 6.45) is 1.09. The summed E-state index contributed by atoms with van der Waals surface area (Å²) >= 11 is 0. The van der Waals surface area contributed by atoms with Gasteiger partial charge in [0.05, 0.1) is 0 Å². The highest BCUT2D eigenvalue weighted by Crippen LogP contribution is 2.24. The van der Waals surface area contributed by atoms with Crippen LogP contribution in [-0.2, 0) is 6.42 Å². The summed E-state index contributed by atoms with van der Waals surface area (Å²) in [6.45, 7) is 0.958. The van der Waals surface area contributed by atoms with Gasteiger partial charge in [-0.25, -0.2) is 0 Å². The number of hydrogen-bond acceptors (Lipinski definition) is 1. The number of para-hydroxylation sites is 1. The van der Waals surface area contributed by atoms with Gasteiger partial charge in [-0.3, -0.25) is 0 Å². The Morgan fingerprint density at radius 2 is 2.10 bits per heavy atom. The van der Waals surface area contributed by atoms with Crippen molar-refractivity contribution in [1.82, 2.24) is 0 Å². The zero-order chi connectivity index (χ0) is 6.97. The molecule has 0 aromatic heterocycles. The second-order valence-corrected chi connectivity index (χ2v) is 2.57. The molecule has 0 saturated heterocycles. The smallest absolute Gasteiger partial charge is 0.226 e. The van der Waals surface area contributed by atoms with E-state index >= 15 is 0 Å². The molecule has 0 aliphatic carbocycles. The predicted octanol–water partition coefficient (Wildman–Crippen LogP) is 1.13. The standard InChI is InChI=1S/C8H8BN/c9-10-6-5-7-3-1-2-4-8(7)10/h1-4H,5-6H2. The van der Waals surface area contributed by atoms with Crippen LogP contribution >= 0.6 is 0 Å². The molecule has 2 rings (SSSR count). The van der Waals surface area contributed by atoms with Gasteiger partial charge in [0.25, 0.3) is 0 Å². The topological polar surface area (TPSA) is 3.24 Å². The first-order chi connectivity index (χ1) is 4.88. The highest BCUT2D eigenvalue weighted by atomic mass is 15.1. The molecule has 0 atom stereocenters. The van der Waals surface area contributed by atoms with E-state index in [0.717, 1.165) is 13.0 Å². The van der Waals surface area contributed by atoms with Gasteiger partial charge >= 0.3 is 0 Å². The number of anilines is 1. The molecule has 1 aromatic carbocycles. The molecule has 1 heterocycles. The Labute approximate surface area is 62.1 Å². The van der Waals surface area contributed by atoms with Crippen molar-refractivity contribution in [2.45, 2.75) is 6.42 Å². The first-order valence-electron chi connectivity index (χ1n) is 3.48. The van der Waals surface area contributed by atoms with Crippen molar-refractivity contribution in [1.29, 1.82) is 0 Å². The van der Waals surface area contributed by atoms with Crippen molar-refractivity contribution in [3.05, 3.63) is 29.8 Å². The number of hydrogen-bond donors (Lipinski definition) is 0. The summed E-state index contributed by atoms with van der Waals surface area (Å²) in [5, 5.41) is 0. The van der Waals surface area contributed by atoms with Crippen molar-refractivity contribution in [3.8, 4) is 0 Å². The summed E-state index contributed by atoms with van der Waals surface area (Å²) in [4.78, 5) is 1.80. The van der Waals surface area contributed by atoms with E-state index in [1.807, 2.05) is 6.07 Å². The molecule has 1 aromatic rings. The molecule has 0 saturated carbocycles. The first kappa shape index (κ1) is 5.84. The molecule has 1 nitrogen and oxygen atoms in total. The number of rotatable bonds is 0. The third-order valence-electron chi connectivity index (χ3n) is 1.92. The van der Waals surface area contributed by atoms with Crippen molar-refractivity contribution in [2.75, 3.05) is 11.4 Å². The second-order valence-electron chi connectivity index (χ2n) is 2.57. The van der Waals surface area contributed by atoms with Crippen molar-refractivity contribution >= 4 is 13.7 Å². The lowest BCUT2D eigenvalue weighted by molar-refractivity contribution is 1.05. The van der Waals surface area contributed by atoms with Crippen LogP contribution in [0.5, 0.6) is 0 Å². The SMILES string of the molecule is [B]N1CCc2ccccc21. The molecule has 0 amide bonds. The van der Waals surface area contributed by atoms with Crippen LogP contribution in [0.25, 0.3) is 0 Å². The van der Waals surface area contributed by atoms with Crippen LogP contribution in [-0.4, -0.2) is 14.5 Å².